The number of nitrogens with zero attached hydrogens (tertiary/aromatic N) is 4. The Morgan fingerprint density at radius 1 is 1.01 bits per heavy atom. The van der Waals surface area contributed by atoms with Gasteiger partial charge in [0, 0.05) is 89.5 Å². The van der Waals surface area contributed by atoms with Crippen LogP contribution >= 0.6 is 34.9 Å². The summed E-state index contributed by atoms with van der Waals surface area (Å²) in [6, 6.07) is 13.9. The number of piperidine rings is 1. The van der Waals surface area contributed by atoms with E-state index < -0.39 is 66.0 Å². The number of thiophene rings is 1. The number of halogens is 3. The van der Waals surface area contributed by atoms with Crippen LogP contribution < -0.4 is 15.5 Å². The van der Waals surface area contributed by atoms with Crippen LogP contribution in [0.3, 0.4) is 0 Å². The number of nitrogens with one attached hydrogen (secondary N) is 2. The van der Waals surface area contributed by atoms with Gasteiger partial charge in [-0.1, -0.05) is 60.7 Å². The van der Waals surface area contributed by atoms with Crippen LogP contribution in [-0.2, 0) is 40.7 Å². The third-order valence-corrected chi connectivity index (χ3v) is 15.8. The third-order valence-electron chi connectivity index (χ3n) is 13.1. The lowest BCUT2D eigenvalue weighted by atomic mass is 9.85. The highest BCUT2D eigenvalue weighted by atomic mass is 79.9. The summed E-state index contributed by atoms with van der Waals surface area (Å²) in [4.78, 5) is 119. The first-order valence-corrected chi connectivity index (χ1v) is 25.9. The fourth-order valence-corrected chi connectivity index (χ4v) is 10.9. The molecule has 3 saturated heterocycles. The van der Waals surface area contributed by atoms with E-state index in [1.807, 2.05) is 6.07 Å². The molecule has 7 amide bonds. The zero-order valence-electron chi connectivity index (χ0n) is 38.4. The van der Waals surface area contributed by atoms with Gasteiger partial charge in [0.15, 0.2) is 0 Å². The van der Waals surface area contributed by atoms with Gasteiger partial charge in [0.1, 0.15) is 18.1 Å². The quantitative estimate of drug-likeness (QED) is 0.0726. The summed E-state index contributed by atoms with van der Waals surface area (Å²) in [5, 5.41) is 5.28. The number of anilines is 1. The molecule has 4 N–H and O–H groups in total. The van der Waals surface area contributed by atoms with Crippen molar-refractivity contribution >= 4 is 92.0 Å². The summed E-state index contributed by atoms with van der Waals surface area (Å²) >= 11 is 4.40. The normalized spacial score (nSPS) is 19.0. The number of rotatable bonds is 12. The second kappa shape index (κ2) is 19.7. The van der Waals surface area contributed by atoms with Crippen LogP contribution in [0.5, 0.6) is 0 Å². The first-order chi connectivity index (χ1) is 33.0. The van der Waals surface area contributed by atoms with Crippen molar-refractivity contribution < 1.29 is 56.7 Å². The summed E-state index contributed by atoms with van der Waals surface area (Å²) in [5.41, 5.74) is -3.79. The van der Waals surface area contributed by atoms with E-state index in [-0.39, 0.29) is 72.8 Å². The molecule has 3 fully saturated rings. The smallest absolute Gasteiger partial charge is 0.342 e. The van der Waals surface area contributed by atoms with Gasteiger partial charge < -0.3 is 34.7 Å². The minimum Gasteiger partial charge on any atom is -0.342 e. The highest BCUT2D eigenvalue weighted by Crippen LogP contribution is 2.59. The van der Waals surface area contributed by atoms with Crippen LogP contribution in [0.4, 0.5) is 14.5 Å². The summed E-state index contributed by atoms with van der Waals surface area (Å²) in [7, 11) is -5.83. The van der Waals surface area contributed by atoms with E-state index in [0.29, 0.717) is 53.9 Å². The van der Waals surface area contributed by atoms with Crippen molar-refractivity contribution in [3.8, 4) is 11.8 Å². The molecular formula is C49H50BrF2N6O10PS. The molecule has 0 aliphatic carbocycles. The number of fused-ring (bicyclic) bond motifs is 2. The van der Waals surface area contributed by atoms with Crippen LogP contribution in [0.2, 0.25) is 0 Å². The van der Waals surface area contributed by atoms with Crippen molar-refractivity contribution in [3.05, 3.63) is 98.3 Å². The Kier molecular flexibility index (Phi) is 14.3. The zero-order chi connectivity index (χ0) is 50.4. The summed E-state index contributed by atoms with van der Waals surface area (Å²) < 4.78 is 41.7. The number of carbonyl (C=O) groups excluding carboxylic acids is 7. The Morgan fingerprint density at radius 3 is 2.43 bits per heavy atom. The lowest BCUT2D eigenvalue weighted by molar-refractivity contribution is -0.141. The molecule has 4 aromatic rings. The van der Waals surface area contributed by atoms with Gasteiger partial charge in [-0.2, -0.15) is 8.78 Å². The van der Waals surface area contributed by atoms with E-state index in [2.05, 4.69) is 38.4 Å². The molecule has 5 heterocycles. The fraction of sp³-hybridized carbons (Fsp3) is 0.408. The van der Waals surface area contributed by atoms with Crippen molar-refractivity contribution in [1.29, 1.82) is 0 Å². The van der Waals surface area contributed by atoms with Gasteiger partial charge in [-0.3, -0.25) is 43.4 Å². The van der Waals surface area contributed by atoms with Crippen molar-refractivity contribution in [2.75, 3.05) is 31.1 Å². The van der Waals surface area contributed by atoms with Crippen molar-refractivity contribution in [2.45, 2.75) is 89.6 Å². The molecule has 3 atom stereocenters. The van der Waals surface area contributed by atoms with Crippen LogP contribution in [-0.4, -0.2) is 110 Å². The molecule has 368 valence electrons. The molecule has 0 spiro atoms. The molecule has 3 aromatic carbocycles. The largest absolute Gasteiger partial charge is 0.399 e. The molecule has 0 saturated carbocycles. The average Bonchev–Trinajstić information content (AvgIpc) is 4.04. The first kappa shape index (κ1) is 50.5. The van der Waals surface area contributed by atoms with Gasteiger partial charge in [0.25, 0.3) is 11.8 Å². The van der Waals surface area contributed by atoms with Gasteiger partial charge in [0.05, 0.1) is 4.88 Å². The van der Waals surface area contributed by atoms with E-state index in [1.54, 1.807) is 62.1 Å². The number of alkyl halides is 2. The second-order valence-corrected chi connectivity index (χ2v) is 22.7. The Labute approximate surface area is 414 Å². The first-order valence-electron chi connectivity index (χ1n) is 22.7. The number of amides is 7. The van der Waals surface area contributed by atoms with Crippen molar-refractivity contribution in [1.82, 2.24) is 25.3 Å². The number of likely N-dealkylation sites (tertiary alicyclic amines) is 2. The molecule has 1 aromatic heterocycles. The number of hydrogen-bond donors (Lipinski definition) is 4. The number of benzene rings is 3. The van der Waals surface area contributed by atoms with Gasteiger partial charge in [-0.15, -0.1) is 11.3 Å². The van der Waals surface area contributed by atoms with Crippen LogP contribution in [0.25, 0.3) is 10.1 Å². The Balaban J connectivity index is 0.897. The maximum atomic E-state index is 14.6. The SMILES string of the molecule is CC(C)(C)C(NC(=O)c1cc2cc(C(F)(F)P(=O)(O)O)ccc2s1)C(=O)N1CCC[C@H]1C(=O)N(CCC(=O)N1CC(CC#Cc2cccc3c2CN(C2CCC(=O)NC2=O)C3=O)C1)c1ccc(Br)cc1. The Morgan fingerprint density at radius 2 is 1.74 bits per heavy atom. The topological polar surface area (TPSA) is 214 Å². The molecular weight excluding hydrogens is 1010 g/mol. The summed E-state index contributed by atoms with van der Waals surface area (Å²) in [6.45, 7) is 6.68. The zero-order valence-corrected chi connectivity index (χ0v) is 41.7. The Bertz CT molecular complexity index is 2920. The monoisotopic (exact) mass is 1060 g/mol. The number of carbonyl (C=O) groups is 7. The van der Waals surface area contributed by atoms with Gasteiger partial charge in [-0.05, 0) is 90.2 Å². The molecule has 8 rings (SSSR count). The average molecular weight is 1060 g/mol. The Hall–Kier alpha value is -5.84. The van der Waals surface area contributed by atoms with Crippen molar-refractivity contribution in [2.24, 2.45) is 11.3 Å². The van der Waals surface area contributed by atoms with E-state index in [1.165, 1.54) is 26.8 Å². The lowest BCUT2D eigenvalue weighted by Gasteiger charge is -2.39. The summed E-state index contributed by atoms with van der Waals surface area (Å²) in [6.07, 6.45) is 1.76. The lowest BCUT2D eigenvalue weighted by Crippen LogP contribution is -2.58. The highest BCUT2D eigenvalue weighted by molar-refractivity contribution is 9.10. The predicted octanol–water partition coefficient (Wildman–Crippen LogP) is 6.11. The maximum absolute atomic E-state index is 14.6. The van der Waals surface area contributed by atoms with Crippen LogP contribution in [0.15, 0.2) is 71.2 Å². The van der Waals surface area contributed by atoms with E-state index >= 15 is 0 Å². The maximum Gasteiger partial charge on any atom is 0.399 e. The molecule has 2 unspecified atom stereocenters. The summed E-state index contributed by atoms with van der Waals surface area (Å²) in [5.74, 6) is 3.66. The minimum absolute atomic E-state index is 0.00299. The second-order valence-electron chi connectivity index (χ2n) is 19.0. The molecule has 16 nitrogen and oxygen atoms in total. The van der Waals surface area contributed by atoms with Crippen molar-refractivity contribution in [3.63, 3.8) is 0 Å². The molecule has 0 radical (unpaired) electrons. The standard InChI is InChI=1S/C49H50BrF2N6O10PS/c1-48(2,3)42(54-44(62)39-24-30-23-31(12-18-38(30)70-39)49(51,52)69(66,67)68)47(65)57-21-6-11-37(57)46(64)56(33-15-13-32(50)14-16-33)22-20-41(60)55-25-28(26-55)7-4-8-29-9-5-10-34-35(29)27-58(45(34)63)36-17-19-40(59)53-43(36)61/h5,9-10,12-16,18,23-24,28,36-37,42H,6-7,11,17,19-22,25-27H2,1-3H3,(H,54,62)(H,53,59,61)(H2,66,67,68)/t36?,37-,42?/m0/s1. The van der Waals surface area contributed by atoms with Crippen LogP contribution in [0.1, 0.15) is 96.0 Å². The predicted molar refractivity (Wildman–Crippen MR) is 258 cm³/mol. The number of imide groups is 1. The molecule has 4 aliphatic heterocycles. The van der Waals surface area contributed by atoms with E-state index in [9.17, 15) is 56.7 Å². The fourth-order valence-electron chi connectivity index (χ4n) is 9.24. The minimum atomic E-state index is -5.83. The third kappa shape index (κ3) is 10.3. The highest BCUT2D eigenvalue weighted by Gasteiger charge is 2.50. The van der Waals surface area contributed by atoms with E-state index in [0.717, 1.165) is 33.5 Å². The van der Waals surface area contributed by atoms with Gasteiger partial charge in [0.2, 0.25) is 29.5 Å². The molecule has 0 bridgehead atoms. The van der Waals surface area contributed by atoms with Crippen LogP contribution in [0, 0.1) is 23.2 Å². The molecule has 70 heavy (non-hydrogen) atoms. The van der Waals surface area contributed by atoms with E-state index in [4.69, 9.17) is 0 Å². The number of hydrogen-bond acceptors (Lipinski definition) is 9. The molecule has 4 aliphatic rings. The van der Waals surface area contributed by atoms with Gasteiger partial charge in [-0.25, -0.2) is 0 Å². The molecule has 21 heteroatoms. The van der Waals surface area contributed by atoms with Gasteiger partial charge >= 0.3 is 13.3 Å².